The zero-order chi connectivity index (χ0) is 11.8. The minimum absolute atomic E-state index is 0.863. The van der Waals surface area contributed by atoms with Crippen LogP contribution in [0.1, 0.15) is 20.3 Å². The molecule has 1 aromatic rings. The van der Waals surface area contributed by atoms with E-state index in [4.69, 9.17) is 0 Å². The van der Waals surface area contributed by atoms with Crippen LogP contribution in [0.3, 0.4) is 0 Å². The summed E-state index contributed by atoms with van der Waals surface area (Å²) in [5, 5.41) is 3.30. The average Bonchev–Trinajstić information content (AvgIpc) is 2.30. The van der Waals surface area contributed by atoms with Crippen molar-refractivity contribution >= 4 is 21.7 Å². The van der Waals surface area contributed by atoms with Crippen molar-refractivity contribution in [1.29, 1.82) is 0 Å². The minimum atomic E-state index is 0.863. The Morgan fingerprint density at radius 2 is 2.19 bits per heavy atom. The third-order valence-electron chi connectivity index (χ3n) is 2.38. The number of hydrogen-bond donors (Lipinski definition) is 1. The zero-order valence-electron chi connectivity index (χ0n) is 9.91. The summed E-state index contributed by atoms with van der Waals surface area (Å²) >= 11 is 3.41. The first-order chi connectivity index (χ1) is 7.77. The van der Waals surface area contributed by atoms with Gasteiger partial charge in [-0.25, -0.2) is 9.97 Å². The molecule has 0 unspecified atom stereocenters. The van der Waals surface area contributed by atoms with E-state index in [9.17, 15) is 0 Å². The predicted octanol–water partition coefficient (Wildman–Crippen LogP) is 2.38. The van der Waals surface area contributed by atoms with Crippen LogP contribution in [0.5, 0.6) is 0 Å². The van der Waals surface area contributed by atoms with Crippen LogP contribution in [0, 0.1) is 0 Å². The maximum atomic E-state index is 4.16. The molecule has 1 rings (SSSR count). The standard InChI is InChI=1S/C11H19BrN4/c1-3-6-16(4-2)7-5-14-11-10(12)8-13-9-15-11/h8-9H,3-7H2,1-2H3,(H,13,14,15). The van der Waals surface area contributed by atoms with Crippen LogP contribution in [0.4, 0.5) is 5.82 Å². The van der Waals surface area contributed by atoms with Crippen LogP contribution >= 0.6 is 15.9 Å². The predicted molar refractivity (Wildman–Crippen MR) is 70.6 cm³/mol. The van der Waals surface area contributed by atoms with E-state index < -0.39 is 0 Å². The van der Waals surface area contributed by atoms with Gasteiger partial charge in [-0.3, -0.25) is 0 Å². The lowest BCUT2D eigenvalue weighted by molar-refractivity contribution is 0.300. The lowest BCUT2D eigenvalue weighted by Crippen LogP contribution is -2.29. The Bertz CT molecular complexity index is 306. The number of halogens is 1. The molecule has 0 aliphatic heterocycles. The molecule has 0 radical (unpaired) electrons. The number of nitrogens with one attached hydrogen (secondary N) is 1. The highest BCUT2D eigenvalue weighted by Crippen LogP contribution is 2.16. The molecule has 0 aliphatic carbocycles. The minimum Gasteiger partial charge on any atom is -0.368 e. The van der Waals surface area contributed by atoms with Gasteiger partial charge in [-0.15, -0.1) is 0 Å². The van der Waals surface area contributed by atoms with Crippen molar-refractivity contribution in [3.63, 3.8) is 0 Å². The highest BCUT2D eigenvalue weighted by Gasteiger charge is 2.02. The highest BCUT2D eigenvalue weighted by molar-refractivity contribution is 9.10. The van der Waals surface area contributed by atoms with Gasteiger partial charge in [-0.2, -0.15) is 0 Å². The number of likely N-dealkylation sites (N-methyl/N-ethyl adjacent to an activating group) is 1. The second-order valence-corrected chi connectivity index (χ2v) is 4.43. The Hall–Kier alpha value is -0.680. The normalized spacial score (nSPS) is 10.8. The van der Waals surface area contributed by atoms with Crippen LogP contribution in [0.25, 0.3) is 0 Å². The molecule has 0 saturated heterocycles. The molecule has 0 spiro atoms. The zero-order valence-corrected chi connectivity index (χ0v) is 11.5. The van der Waals surface area contributed by atoms with Gasteiger partial charge in [-0.05, 0) is 35.4 Å². The topological polar surface area (TPSA) is 41.0 Å². The monoisotopic (exact) mass is 286 g/mol. The summed E-state index contributed by atoms with van der Waals surface area (Å²) in [5.41, 5.74) is 0. The summed E-state index contributed by atoms with van der Waals surface area (Å²) in [6, 6.07) is 0. The summed E-state index contributed by atoms with van der Waals surface area (Å²) in [7, 11) is 0. The van der Waals surface area contributed by atoms with E-state index in [1.165, 1.54) is 6.42 Å². The Labute approximate surface area is 106 Å². The molecule has 0 aliphatic rings. The first kappa shape index (κ1) is 13.4. The Balaban J connectivity index is 2.32. The van der Waals surface area contributed by atoms with Gasteiger partial charge in [0.15, 0.2) is 0 Å². The van der Waals surface area contributed by atoms with Crippen molar-refractivity contribution < 1.29 is 0 Å². The fourth-order valence-corrected chi connectivity index (χ4v) is 1.88. The summed E-state index contributed by atoms with van der Waals surface area (Å²) in [5.74, 6) is 0.863. The molecule has 4 nitrogen and oxygen atoms in total. The summed E-state index contributed by atoms with van der Waals surface area (Å²) in [4.78, 5) is 10.5. The van der Waals surface area contributed by atoms with Gasteiger partial charge < -0.3 is 10.2 Å². The Morgan fingerprint density at radius 3 is 2.81 bits per heavy atom. The van der Waals surface area contributed by atoms with Crippen LogP contribution in [0.15, 0.2) is 17.0 Å². The molecule has 0 fully saturated rings. The van der Waals surface area contributed by atoms with Gasteiger partial charge in [-0.1, -0.05) is 13.8 Å². The summed E-state index contributed by atoms with van der Waals surface area (Å²) in [6.07, 6.45) is 4.50. The van der Waals surface area contributed by atoms with Crippen LogP contribution in [-0.2, 0) is 0 Å². The van der Waals surface area contributed by atoms with Crippen LogP contribution in [0.2, 0.25) is 0 Å². The summed E-state index contributed by atoms with van der Waals surface area (Å²) in [6.45, 7) is 8.60. The van der Waals surface area contributed by atoms with E-state index in [1.807, 2.05) is 0 Å². The number of hydrogen-bond acceptors (Lipinski definition) is 4. The highest BCUT2D eigenvalue weighted by atomic mass is 79.9. The van der Waals surface area contributed by atoms with Gasteiger partial charge in [0.2, 0.25) is 0 Å². The molecule has 90 valence electrons. The maximum Gasteiger partial charge on any atom is 0.143 e. The third-order valence-corrected chi connectivity index (χ3v) is 2.96. The van der Waals surface area contributed by atoms with E-state index in [1.54, 1.807) is 12.5 Å². The first-order valence-electron chi connectivity index (χ1n) is 5.69. The van der Waals surface area contributed by atoms with Gasteiger partial charge >= 0.3 is 0 Å². The van der Waals surface area contributed by atoms with Crippen molar-refractivity contribution in [3.8, 4) is 0 Å². The second kappa shape index (κ2) is 7.57. The fraction of sp³-hybridized carbons (Fsp3) is 0.636. The molecular weight excluding hydrogens is 268 g/mol. The van der Waals surface area contributed by atoms with Gasteiger partial charge in [0, 0.05) is 19.3 Å². The number of anilines is 1. The lowest BCUT2D eigenvalue weighted by Gasteiger charge is -2.19. The molecule has 16 heavy (non-hydrogen) atoms. The molecule has 0 saturated carbocycles. The van der Waals surface area contributed by atoms with Crippen molar-refractivity contribution in [3.05, 3.63) is 17.0 Å². The molecule has 1 aromatic heterocycles. The SMILES string of the molecule is CCCN(CC)CCNc1ncncc1Br. The van der Waals surface area contributed by atoms with E-state index in [0.29, 0.717) is 0 Å². The number of nitrogens with zero attached hydrogens (tertiary/aromatic N) is 3. The van der Waals surface area contributed by atoms with Crippen molar-refractivity contribution in [2.45, 2.75) is 20.3 Å². The molecular formula is C11H19BrN4. The Kier molecular flexibility index (Phi) is 6.33. The first-order valence-corrected chi connectivity index (χ1v) is 6.49. The largest absolute Gasteiger partial charge is 0.368 e. The van der Waals surface area contributed by atoms with Crippen molar-refractivity contribution in [1.82, 2.24) is 14.9 Å². The molecule has 0 amide bonds. The molecule has 0 bridgehead atoms. The van der Waals surface area contributed by atoms with E-state index in [-0.39, 0.29) is 0 Å². The Morgan fingerprint density at radius 1 is 1.38 bits per heavy atom. The third kappa shape index (κ3) is 4.45. The van der Waals surface area contributed by atoms with E-state index in [2.05, 4.69) is 50.0 Å². The quantitative estimate of drug-likeness (QED) is 0.836. The fourth-order valence-electron chi connectivity index (χ4n) is 1.52. The molecule has 1 heterocycles. The lowest BCUT2D eigenvalue weighted by atomic mass is 10.4. The van der Waals surface area contributed by atoms with E-state index in [0.717, 1.165) is 36.5 Å². The van der Waals surface area contributed by atoms with Gasteiger partial charge in [0.1, 0.15) is 12.1 Å². The van der Waals surface area contributed by atoms with Crippen LogP contribution < -0.4 is 5.32 Å². The molecule has 0 aromatic carbocycles. The summed E-state index contributed by atoms with van der Waals surface area (Å²) < 4.78 is 0.911. The van der Waals surface area contributed by atoms with Gasteiger partial charge in [0.05, 0.1) is 4.47 Å². The van der Waals surface area contributed by atoms with E-state index >= 15 is 0 Å². The maximum absolute atomic E-state index is 4.16. The van der Waals surface area contributed by atoms with Gasteiger partial charge in [0.25, 0.3) is 0 Å². The van der Waals surface area contributed by atoms with Crippen LogP contribution in [-0.4, -0.2) is 41.0 Å². The second-order valence-electron chi connectivity index (χ2n) is 3.58. The molecule has 0 atom stereocenters. The molecule has 1 N–H and O–H groups in total. The van der Waals surface area contributed by atoms with Crippen molar-refractivity contribution in [2.24, 2.45) is 0 Å². The molecule has 5 heteroatoms. The number of rotatable bonds is 7. The average molecular weight is 287 g/mol. The smallest absolute Gasteiger partial charge is 0.143 e. The van der Waals surface area contributed by atoms with Crippen molar-refractivity contribution in [2.75, 3.05) is 31.5 Å². The number of aromatic nitrogens is 2.